The summed E-state index contributed by atoms with van der Waals surface area (Å²) in [7, 11) is 0. The number of aliphatic hydroxyl groups is 1. The number of nitrogens with one attached hydrogen (secondary N) is 1. The lowest BCUT2D eigenvalue weighted by molar-refractivity contribution is -0.207. The number of piperidine rings is 1. The average molecular weight is 306 g/mol. The highest BCUT2D eigenvalue weighted by Gasteiger charge is 2.56. The summed E-state index contributed by atoms with van der Waals surface area (Å²) >= 11 is 0. The molecule has 1 aliphatic heterocycles. The van der Waals surface area contributed by atoms with Gasteiger partial charge in [0, 0.05) is 37.2 Å². The number of rotatable bonds is 3. The van der Waals surface area contributed by atoms with Crippen LogP contribution in [0.4, 0.5) is 0 Å². The number of amides is 1. The number of aliphatic hydroxyl groups excluding tert-OH is 1. The number of aryl methyl sites for hydroxylation is 2. The normalized spacial score (nSPS) is 27.0. The minimum absolute atomic E-state index is 0.0715. The zero-order valence-electron chi connectivity index (χ0n) is 13.7. The van der Waals surface area contributed by atoms with E-state index in [4.69, 9.17) is 4.74 Å². The molecule has 0 aromatic carbocycles. The van der Waals surface area contributed by atoms with E-state index in [1.54, 1.807) is 0 Å². The Morgan fingerprint density at radius 1 is 1.45 bits per heavy atom. The third kappa shape index (κ3) is 2.36. The highest BCUT2D eigenvalue weighted by atomic mass is 16.5. The number of nitrogens with zero attached hydrogens (tertiary/aromatic N) is 1. The molecule has 0 bridgehead atoms. The highest BCUT2D eigenvalue weighted by molar-refractivity contribution is 5.94. The van der Waals surface area contributed by atoms with Gasteiger partial charge in [-0.15, -0.1) is 0 Å². The summed E-state index contributed by atoms with van der Waals surface area (Å²) in [6, 6.07) is 2.00. The van der Waals surface area contributed by atoms with Crippen LogP contribution in [0.1, 0.15) is 47.9 Å². The number of aromatic amines is 1. The van der Waals surface area contributed by atoms with Gasteiger partial charge in [0.2, 0.25) is 0 Å². The summed E-state index contributed by atoms with van der Waals surface area (Å²) in [6.07, 6.45) is 2.25. The monoisotopic (exact) mass is 306 g/mol. The minimum Gasteiger partial charge on any atom is -0.392 e. The Bertz CT molecular complexity index is 556. The number of aromatic nitrogens is 1. The molecule has 122 valence electrons. The lowest BCUT2D eigenvalue weighted by atomic mass is 9.58. The molecule has 5 heteroatoms. The first kappa shape index (κ1) is 15.6. The smallest absolute Gasteiger partial charge is 0.270 e. The molecule has 2 N–H and O–H groups in total. The molecule has 22 heavy (non-hydrogen) atoms. The first-order valence-corrected chi connectivity index (χ1v) is 8.23. The molecule has 2 heterocycles. The molecular formula is C17H26N2O3. The van der Waals surface area contributed by atoms with Crippen LogP contribution in [0.5, 0.6) is 0 Å². The van der Waals surface area contributed by atoms with Crippen molar-refractivity contribution in [1.82, 2.24) is 9.88 Å². The Morgan fingerprint density at radius 3 is 2.64 bits per heavy atom. The van der Waals surface area contributed by atoms with E-state index < -0.39 is 0 Å². The Balaban J connectivity index is 1.67. The SMILES string of the molecule is CCO[C@H]1C[C@@H](O)C12CCN(C(=O)c1[nH]c(C)cc1C)CC2. The zero-order chi connectivity index (χ0) is 15.9. The maximum Gasteiger partial charge on any atom is 0.270 e. The van der Waals surface area contributed by atoms with Crippen molar-refractivity contribution in [3.63, 3.8) is 0 Å². The molecule has 1 saturated heterocycles. The van der Waals surface area contributed by atoms with Gasteiger partial charge in [0.25, 0.3) is 5.91 Å². The highest BCUT2D eigenvalue weighted by Crippen LogP contribution is 2.51. The van der Waals surface area contributed by atoms with Crippen LogP contribution in [0.15, 0.2) is 6.07 Å². The van der Waals surface area contributed by atoms with Crippen LogP contribution in [0.2, 0.25) is 0 Å². The van der Waals surface area contributed by atoms with E-state index in [9.17, 15) is 9.90 Å². The van der Waals surface area contributed by atoms with E-state index in [1.165, 1.54) is 0 Å². The first-order chi connectivity index (χ1) is 10.5. The van der Waals surface area contributed by atoms with E-state index in [2.05, 4.69) is 4.98 Å². The van der Waals surface area contributed by atoms with Crippen LogP contribution >= 0.6 is 0 Å². The van der Waals surface area contributed by atoms with E-state index in [1.807, 2.05) is 31.7 Å². The third-order valence-corrected chi connectivity index (χ3v) is 5.46. The van der Waals surface area contributed by atoms with Crippen LogP contribution in [-0.2, 0) is 4.74 Å². The maximum atomic E-state index is 12.6. The molecule has 5 nitrogen and oxygen atoms in total. The van der Waals surface area contributed by atoms with Crippen molar-refractivity contribution in [2.45, 2.75) is 52.2 Å². The Labute approximate surface area is 131 Å². The second kappa shape index (κ2) is 5.70. The summed E-state index contributed by atoms with van der Waals surface area (Å²) in [5.41, 5.74) is 2.58. The van der Waals surface area contributed by atoms with Gasteiger partial charge in [0.1, 0.15) is 5.69 Å². The summed E-state index contributed by atoms with van der Waals surface area (Å²) in [5.74, 6) is 0.0715. The molecule has 0 radical (unpaired) electrons. The van der Waals surface area contributed by atoms with Gasteiger partial charge in [-0.05, 0) is 45.2 Å². The molecule has 1 saturated carbocycles. The molecule has 1 spiro atoms. The fourth-order valence-corrected chi connectivity index (χ4v) is 4.05. The maximum absolute atomic E-state index is 12.6. The summed E-state index contributed by atoms with van der Waals surface area (Å²) in [6.45, 7) is 7.99. The largest absolute Gasteiger partial charge is 0.392 e. The van der Waals surface area contributed by atoms with Gasteiger partial charge in [0.05, 0.1) is 12.2 Å². The molecule has 1 aromatic rings. The van der Waals surface area contributed by atoms with Crippen molar-refractivity contribution >= 4 is 5.91 Å². The summed E-state index contributed by atoms with van der Waals surface area (Å²) in [5, 5.41) is 10.2. The van der Waals surface area contributed by atoms with Gasteiger partial charge in [-0.25, -0.2) is 0 Å². The van der Waals surface area contributed by atoms with Gasteiger partial charge in [-0.1, -0.05) is 0 Å². The van der Waals surface area contributed by atoms with Crippen molar-refractivity contribution < 1.29 is 14.6 Å². The first-order valence-electron chi connectivity index (χ1n) is 8.23. The van der Waals surface area contributed by atoms with Crippen LogP contribution in [0, 0.1) is 19.3 Å². The van der Waals surface area contributed by atoms with Crippen molar-refractivity contribution in [1.29, 1.82) is 0 Å². The molecule has 0 unspecified atom stereocenters. The predicted octanol–water partition coefficient (Wildman–Crippen LogP) is 2.02. The fraction of sp³-hybridized carbons (Fsp3) is 0.706. The molecular weight excluding hydrogens is 280 g/mol. The lowest BCUT2D eigenvalue weighted by Crippen LogP contribution is -2.62. The quantitative estimate of drug-likeness (QED) is 0.898. The molecule has 2 fully saturated rings. The number of hydrogen-bond donors (Lipinski definition) is 2. The van der Waals surface area contributed by atoms with E-state index in [0.29, 0.717) is 25.4 Å². The van der Waals surface area contributed by atoms with Crippen molar-refractivity contribution in [3.05, 3.63) is 23.0 Å². The summed E-state index contributed by atoms with van der Waals surface area (Å²) < 4.78 is 5.77. The second-order valence-electron chi connectivity index (χ2n) is 6.73. The topological polar surface area (TPSA) is 65.6 Å². The zero-order valence-corrected chi connectivity index (χ0v) is 13.7. The van der Waals surface area contributed by atoms with Crippen LogP contribution in [-0.4, -0.2) is 52.8 Å². The minimum atomic E-state index is -0.282. The van der Waals surface area contributed by atoms with Gasteiger partial charge >= 0.3 is 0 Å². The second-order valence-corrected chi connectivity index (χ2v) is 6.73. The Hall–Kier alpha value is -1.33. The average Bonchev–Trinajstić information content (AvgIpc) is 2.85. The lowest BCUT2D eigenvalue weighted by Gasteiger charge is -2.56. The number of likely N-dealkylation sites (tertiary alicyclic amines) is 1. The van der Waals surface area contributed by atoms with Gasteiger partial charge in [-0.3, -0.25) is 4.79 Å². The predicted molar refractivity (Wildman–Crippen MR) is 83.9 cm³/mol. The Kier molecular flexibility index (Phi) is 4.03. The standard InChI is InChI=1S/C17H26N2O3/c1-4-22-14-10-13(20)17(14)5-7-19(8-6-17)16(21)15-11(2)9-12(3)18-15/h9,13-14,18,20H,4-8,10H2,1-3H3/t13-,14+/m1/s1. The van der Waals surface area contributed by atoms with E-state index in [-0.39, 0.29) is 23.5 Å². The molecule has 2 atom stereocenters. The van der Waals surface area contributed by atoms with Crippen molar-refractivity contribution in [2.24, 2.45) is 5.41 Å². The number of carbonyl (C=O) groups is 1. The van der Waals surface area contributed by atoms with Gasteiger partial charge < -0.3 is 19.7 Å². The molecule has 1 amide bonds. The van der Waals surface area contributed by atoms with E-state index in [0.717, 1.165) is 30.5 Å². The summed E-state index contributed by atoms with van der Waals surface area (Å²) in [4.78, 5) is 17.7. The van der Waals surface area contributed by atoms with Crippen LogP contribution in [0.25, 0.3) is 0 Å². The third-order valence-electron chi connectivity index (χ3n) is 5.46. The Morgan fingerprint density at radius 2 is 2.14 bits per heavy atom. The number of H-pyrrole nitrogens is 1. The van der Waals surface area contributed by atoms with Crippen molar-refractivity contribution in [2.75, 3.05) is 19.7 Å². The fourth-order valence-electron chi connectivity index (χ4n) is 4.05. The molecule has 2 aliphatic rings. The number of hydrogen-bond acceptors (Lipinski definition) is 3. The van der Waals surface area contributed by atoms with Crippen molar-refractivity contribution in [3.8, 4) is 0 Å². The van der Waals surface area contributed by atoms with E-state index >= 15 is 0 Å². The van der Waals surface area contributed by atoms with Crippen LogP contribution in [0.3, 0.4) is 0 Å². The molecule has 3 rings (SSSR count). The van der Waals surface area contributed by atoms with Gasteiger partial charge in [0.15, 0.2) is 0 Å². The van der Waals surface area contributed by atoms with Crippen LogP contribution < -0.4 is 0 Å². The number of ether oxygens (including phenoxy) is 1. The number of carbonyl (C=O) groups excluding carboxylic acids is 1. The van der Waals surface area contributed by atoms with Gasteiger partial charge in [-0.2, -0.15) is 0 Å². The molecule has 1 aliphatic carbocycles. The molecule has 1 aromatic heterocycles.